The molecule has 0 bridgehead atoms. The van der Waals surface area contributed by atoms with Crippen molar-refractivity contribution < 1.29 is 0 Å². The molecule has 0 spiro atoms. The molecule has 0 aromatic carbocycles. The number of H-pyrrole nitrogens is 1. The standard InChI is InChI=1S/C14H19BN6O/c1-19(2)9-17-13-12-11(5-6-16-13)21(14(22)18-12)10-4-3-7-20(15)8-10/h5-6,9-10H,3-4,7-8H2,1-2H3,(H,18,22). The molecule has 1 fully saturated rings. The first-order valence-electron chi connectivity index (χ1n) is 7.35. The maximum atomic E-state index is 12.4. The number of aromatic nitrogens is 3. The van der Waals surface area contributed by atoms with Crippen LogP contribution in [0.5, 0.6) is 0 Å². The van der Waals surface area contributed by atoms with Crippen LogP contribution in [0.2, 0.25) is 0 Å². The quantitative estimate of drug-likeness (QED) is 0.513. The molecule has 2 aromatic heterocycles. The first-order valence-corrected chi connectivity index (χ1v) is 7.35. The molecule has 0 saturated carbocycles. The highest BCUT2D eigenvalue weighted by Crippen LogP contribution is 2.26. The minimum absolute atomic E-state index is 0.0769. The van der Waals surface area contributed by atoms with Crippen LogP contribution in [0.1, 0.15) is 18.9 Å². The molecule has 1 aliphatic heterocycles. The average Bonchev–Trinajstić information content (AvgIpc) is 2.81. The van der Waals surface area contributed by atoms with E-state index in [2.05, 4.69) is 15.0 Å². The van der Waals surface area contributed by atoms with E-state index in [-0.39, 0.29) is 11.7 Å². The van der Waals surface area contributed by atoms with E-state index in [1.165, 1.54) is 0 Å². The molecule has 2 aromatic rings. The van der Waals surface area contributed by atoms with Crippen molar-refractivity contribution in [3.63, 3.8) is 0 Å². The largest absolute Gasteiger partial charge is 0.369 e. The van der Waals surface area contributed by atoms with E-state index in [1.54, 1.807) is 21.9 Å². The molecular formula is C14H19BN6O. The summed E-state index contributed by atoms with van der Waals surface area (Å²) in [5, 5.41) is 0. The van der Waals surface area contributed by atoms with E-state index in [4.69, 9.17) is 7.98 Å². The number of hydrogen-bond donors (Lipinski definition) is 1. The van der Waals surface area contributed by atoms with E-state index < -0.39 is 0 Å². The lowest BCUT2D eigenvalue weighted by Gasteiger charge is -2.30. The molecule has 0 amide bonds. The van der Waals surface area contributed by atoms with Crippen molar-refractivity contribution in [1.82, 2.24) is 24.2 Å². The van der Waals surface area contributed by atoms with Crippen molar-refractivity contribution in [2.75, 3.05) is 27.2 Å². The smallest absolute Gasteiger partial charge is 0.326 e. The normalized spacial score (nSPS) is 20.0. The third-order valence-electron chi connectivity index (χ3n) is 3.82. The topological polar surface area (TPSA) is 69.5 Å². The Hall–Kier alpha value is -2.09. The summed E-state index contributed by atoms with van der Waals surface area (Å²) in [4.78, 5) is 27.4. The molecule has 1 N–H and O–H groups in total. The number of imidazole rings is 1. The third kappa shape index (κ3) is 2.78. The third-order valence-corrected chi connectivity index (χ3v) is 3.82. The van der Waals surface area contributed by atoms with E-state index >= 15 is 0 Å². The van der Waals surface area contributed by atoms with Gasteiger partial charge in [0.2, 0.25) is 0 Å². The predicted molar refractivity (Wildman–Crippen MR) is 87.8 cm³/mol. The molecule has 3 heterocycles. The molecule has 22 heavy (non-hydrogen) atoms. The van der Waals surface area contributed by atoms with Gasteiger partial charge in [0.15, 0.2) is 13.8 Å². The second-order valence-corrected chi connectivity index (χ2v) is 5.83. The van der Waals surface area contributed by atoms with Gasteiger partial charge in [-0.25, -0.2) is 14.8 Å². The number of fused-ring (bicyclic) bond motifs is 1. The van der Waals surface area contributed by atoms with Gasteiger partial charge >= 0.3 is 5.69 Å². The van der Waals surface area contributed by atoms with Crippen molar-refractivity contribution in [2.45, 2.75) is 18.9 Å². The van der Waals surface area contributed by atoms with Crippen LogP contribution in [-0.2, 0) is 0 Å². The van der Waals surface area contributed by atoms with Gasteiger partial charge in [-0.3, -0.25) is 4.57 Å². The molecule has 1 unspecified atom stereocenters. The van der Waals surface area contributed by atoms with Gasteiger partial charge in [0, 0.05) is 26.8 Å². The van der Waals surface area contributed by atoms with Crippen LogP contribution in [0.4, 0.5) is 5.82 Å². The Labute approximate surface area is 130 Å². The lowest BCUT2D eigenvalue weighted by Crippen LogP contribution is -2.37. The van der Waals surface area contributed by atoms with Crippen molar-refractivity contribution in [1.29, 1.82) is 0 Å². The molecule has 1 aliphatic rings. The summed E-state index contributed by atoms with van der Waals surface area (Å²) in [7, 11) is 9.67. The van der Waals surface area contributed by atoms with Gasteiger partial charge in [0.05, 0.1) is 17.9 Å². The van der Waals surface area contributed by atoms with Crippen LogP contribution in [0.3, 0.4) is 0 Å². The fourth-order valence-electron chi connectivity index (χ4n) is 2.86. The highest BCUT2D eigenvalue weighted by molar-refractivity contribution is 6.04. The molecule has 0 aliphatic carbocycles. The van der Waals surface area contributed by atoms with Gasteiger partial charge in [-0.2, -0.15) is 0 Å². The molecule has 3 rings (SSSR count). The van der Waals surface area contributed by atoms with Crippen LogP contribution < -0.4 is 5.69 Å². The van der Waals surface area contributed by atoms with Crippen molar-refractivity contribution in [3.8, 4) is 0 Å². The molecule has 1 atom stereocenters. The Morgan fingerprint density at radius 1 is 1.55 bits per heavy atom. The van der Waals surface area contributed by atoms with Crippen molar-refractivity contribution in [2.24, 2.45) is 4.99 Å². The van der Waals surface area contributed by atoms with Gasteiger partial charge in [-0.1, -0.05) is 0 Å². The molecule has 1 saturated heterocycles. The highest BCUT2D eigenvalue weighted by Gasteiger charge is 2.22. The zero-order chi connectivity index (χ0) is 15.7. The molecule has 114 valence electrons. The van der Waals surface area contributed by atoms with E-state index in [9.17, 15) is 4.79 Å². The lowest BCUT2D eigenvalue weighted by atomic mass is 10.0. The number of aromatic amines is 1. The summed E-state index contributed by atoms with van der Waals surface area (Å²) in [6.45, 7) is 1.54. The van der Waals surface area contributed by atoms with Crippen molar-refractivity contribution in [3.05, 3.63) is 22.7 Å². The number of pyridine rings is 1. The summed E-state index contributed by atoms with van der Waals surface area (Å²) >= 11 is 0. The van der Waals surface area contributed by atoms with Crippen LogP contribution in [0.25, 0.3) is 11.0 Å². The number of piperidine rings is 1. The zero-order valence-electron chi connectivity index (χ0n) is 12.9. The van der Waals surface area contributed by atoms with Crippen LogP contribution in [-0.4, -0.2) is 65.8 Å². The minimum atomic E-state index is -0.135. The number of nitrogens with zero attached hydrogens (tertiary/aromatic N) is 5. The monoisotopic (exact) mass is 298 g/mol. The van der Waals surface area contributed by atoms with E-state index in [0.29, 0.717) is 17.9 Å². The average molecular weight is 298 g/mol. The molecule has 8 heteroatoms. The molecule has 2 radical (unpaired) electrons. The Morgan fingerprint density at radius 3 is 3.09 bits per heavy atom. The number of rotatable bonds is 3. The van der Waals surface area contributed by atoms with E-state index in [0.717, 1.165) is 24.9 Å². The fraction of sp³-hybridized carbons (Fsp3) is 0.500. The second-order valence-electron chi connectivity index (χ2n) is 5.83. The van der Waals surface area contributed by atoms with Crippen LogP contribution in [0.15, 0.2) is 22.1 Å². The predicted octanol–water partition coefficient (Wildman–Crippen LogP) is 0.666. The van der Waals surface area contributed by atoms with Crippen LogP contribution >= 0.6 is 0 Å². The first kappa shape index (κ1) is 14.8. The maximum absolute atomic E-state index is 12.4. The number of nitrogens with one attached hydrogen (secondary N) is 1. The Kier molecular flexibility index (Phi) is 4.02. The molecule has 7 nitrogen and oxygen atoms in total. The lowest BCUT2D eigenvalue weighted by molar-refractivity contribution is 0.276. The maximum Gasteiger partial charge on any atom is 0.326 e. The molecular weight excluding hydrogens is 279 g/mol. The zero-order valence-corrected chi connectivity index (χ0v) is 12.9. The van der Waals surface area contributed by atoms with Gasteiger partial charge in [-0.15, -0.1) is 0 Å². The Bertz CT molecular complexity index is 749. The Morgan fingerprint density at radius 2 is 2.36 bits per heavy atom. The van der Waals surface area contributed by atoms with Gasteiger partial charge in [0.1, 0.15) is 5.52 Å². The van der Waals surface area contributed by atoms with Crippen LogP contribution in [0, 0.1) is 0 Å². The fourth-order valence-corrected chi connectivity index (χ4v) is 2.86. The second kappa shape index (κ2) is 5.96. The summed E-state index contributed by atoms with van der Waals surface area (Å²) in [5.41, 5.74) is 1.36. The number of hydrogen-bond acceptors (Lipinski definition) is 4. The van der Waals surface area contributed by atoms with Gasteiger partial charge < -0.3 is 14.7 Å². The summed E-state index contributed by atoms with van der Waals surface area (Å²) in [5.74, 6) is 0.516. The Balaban J connectivity index is 2.07. The van der Waals surface area contributed by atoms with Crippen molar-refractivity contribution >= 4 is 31.2 Å². The summed E-state index contributed by atoms with van der Waals surface area (Å²) in [6, 6.07) is 1.92. The van der Waals surface area contributed by atoms with Gasteiger partial charge in [-0.05, 0) is 25.5 Å². The first-order chi connectivity index (χ1) is 10.6. The SMILES string of the molecule is [B]N1CCCC(n2c(=O)[nH]c3c(N=CN(C)C)nccc32)C1. The highest BCUT2D eigenvalue weighted by atomic mass is 16.1. The minimum Gasteiger partial charge on any atom is -0.369 e. The summed E-state index contributed by atoms with van der Waals surface area (Å²) in [6.07, 6.45) is 5.27. The van der Waals surface area contributed by atoms with Gasteiger partial charge in [0.25, 0.3) is 0 Å². The summed E-state index contributed by atoms with van der Waals surface area (Å²) < 4.78 is 1.78. The number of aliphatic imine (C=N–C) groups is 1. The van der Waals surface area contributed by atoms with E-state index in [1.807, 2.05) is 25.1 Å².